The molecule has 28 heavy (non-hydrogen) atoms. The predicted octanol–water partition coefficient (Wildman–Crippen LogP) is 7.07. The number of fused-ring (bicyclic) bond motifs is 4. The largest absolute Gasteiger partial charge is 0.431 e. The molecule has 4 aromatic carbocycles. The first kappa shape index (κ1) is 16.0. The highest BCUT2D eigenvalue weighted by atomic mass is 33.1. The molecular formula is C22H12N2O2S2. The molecule has 6 aromatic rings. The standard InChI is InChI=1S/C22H12N2O2S2/c1-3-7-15-11-19-17(9-13(15)5-1)23-21(25-19)27-28-22-24-18-10-14-6-2-4-8-16(14)12-20(18)26-22/h1-12H. The first-order chi connectivity index (χ1) is 13.8. The van der Waals surface area contributed by atoms with Gasteiger partial charge in [-0.15, -0.1) is 0 Å². The molecule has 0 aliphatic heterocycles. The summed E-state index contributed by atoms with van der Waals surface area (Å²) in [7, 11) is 2.82. The minimum Gasteiger partial charge on any atom is -0.431 e. The van der Waals surface area contributed by atoms with Crippen LogP contribution in [-0.2, 0) is 0 Å². The summed E-state index contributed by atoms with van der Waals surface area (Å²) in [4.78, 5) is 9.17. The van der Waals surface area contributed by atoms with Crippen LogP contribution in [0.15, 0.2) is 92.1 Å². The second-order valence-corrected chi connectivity index (χ2v) is 8.49. The lowest BCUT2D eigenvalue weighted by Gasteiger charge is -1.94. The van der Waals surface area contributed by atoms with Crippen LogP contribution in [-0.4, -0.2) is 9.97 Å². The Labute approximate surface area is 167 Å². The van der Waals surface area contributed by atoms with Crippen LogP contribution in [0.4, 0.5) is 0 Å². The lowest BCUT2D eigenvalue weighted by Crippen LogP contribution is -1.73. The third-order valence-corrected chi connectivity index (χ3v) is 6.48. The fourth-order valence-electron chi connectivity index (χ4n) is 3.33. The normalized spacial score (nSPS) is 11.9. The van der Waals surface area contributed by atoms with E-state index in [9.17, 15) is 0 Å². The Morgan fingerprint density at radius 1 is 0.536 bits per heavy atom. The average molecular weight is 400 g/mol. The van der Waals surface area contributed by atoms with Gasteiger partial charge in [0, 0.05) is 21.6 Å². The summed E-state index contributed by atoms with van der Waals surface area (Å²) in [6.45, 7) is 0. The number of oxazole rings is 2. The molecular weight excluding hydrogens is 388 g/mol. The van der Waals surface area contributed by atoms with E-state index in [0.29, 0.717) is 10.4 Å². The van der Waals surface area contributed by atoms with Crippen molar-refractivity contribution in [2.75, 3.05) is 0 Å². The maximum absolute atomic E-state index is 5.90. The average Bonchev–Trinajstić information content (AvgIpc) is 3.30. The number of nitrogens with zero attached hydrogens (tertiary/aromatic N) is 2. The van der Waals surface area contributed by atoms with E-state index in [1.54, 1.807) is 0 Å². The predicted molar refractivity (Wildman–Crippen MR) is 115 cm³/mol. The van der Waals surface area contributed by atoms with Gasteiger partial charge in [0.2, 0.25) is 0 Å². The minimum atomic E-state index is 0.586. The third kappa shape index (κ3) is 2.73. The number of hydrogen-bond donors (Lipinski definition) is 0. The zero-order valence-corrected chi connectivity index (χ0v) is 16.1. The van der Waals surface area contributed by atoms with Crippen molar-refractivity contribution in [1.29, 1.82) is 0 Å². The zero-order chi connectivity index (χ0) is 18.5. The Bertz CT molecular complexity index is 1270. The van der Waals surface area contributed by atoms with E-state index in [2.05, 4.69) is 34.2 Å². The molecule has 0 amide bonds. The zero-order valence-electron chi connectivity index (χ0n) is 14.5. The van der Waals surface area contributed by atoms with Crippen LogP contribution in [0.25, 0.3) is 43.7 Å². The van der Waals surface area contributed by atoms with Crippen molar-refractivity contribution in [3.05, 3.63) is 72.8 Å². The Kier molecular flexibility index (Phi) is 3.60. The van der Waals surface area contributed by atoms with Crippen LogP contribution in [0.1, 0.15) is 0 Å². The summed E-state index contributed by atoms with van der Waals surface area (Å²) in [6.07, 6.45) is 0. The highest BCUT2D eigenvalue weighted by Gasteiger charge is 2.13. The smallest absolute Gasteiger partial charge is 0.268 e. The van der Waals surface area contributed by atoms with Crippen LogP contribution in [0, 0.1) is 0 Å². The van der Waals surface area contributed by atoms with Crippen molar-refractivity contribution in [2.45, 2.75) is 10.4 Å². The molecule has 6 rings (SSSR count). The van der Waals surface area contributed by atoms with Crippen molar-refractivity contribution in [2.24, 2.45) is 0 Å². The Hall–Kier alpha value is -2.96. The fraction of sp³-hybridized carbons (Fsp3) is 0. The molecule has 2 aromatic heterocycles. The minimum absolute atomic E-state index is 0.586. The maximum atomic E-state index is 5.90. The van der Waals surface area contributed by atoms with Crippen molar-refractivity contribution < 1.29 is 8.83 Å². The van der Waals surface area contributed by atoms with Crippen molar-refractivity contribution in [1.82, 2.24) is 9.97 Å². The van der Waals surface area contributed by atoms with Gasteiger partial charge in [-0.05, 0) is 45.8 Å². The summed E-state index contributed by atoms with van der Waals surface area (Å²) in [6, 6.07) is 24.5. The first-order valence-electron chi connectivity index (χ1n) is 8.75. The maximum Gasteiger partial charge on any atom is 0.268 e. The summed E-state index contributed by atoms with van der Waals surface area (Å²) in [5.74, 6) is 0. The van der Waals surface area contributed by atoms with Gasteiger partial charge in [0.15, 0.2) is 11.2 Å². The molecule has 4 nitrogen and oxygen atoms in total. The van der Waals surface area contributed by atoms with Gasteiger partial charge in [0.25, 0.3) is 10.4 Å². The molecule has 0 bridgehead atoms. The molecule has 0 atom stereocenters. The molecule has 0 saturated heterocycles. The summed E-state index contributed by atoms with van der Waals surface area (Å²) in [5, 5.41) is 5.75. The van der Waals surface area contributed by atoms with Crippen molar-refractivity contribution in [3.8, 4) is 0 Å². The fourth-order valence-corrected chi connectivity index (χ4v) is 4.84. The molecule has 0 aliphatic carbocycles. The quantitative estimate of drug-likeness (QED) is 0.296. The molecule has 134 valence electrons. The number of benzene rings is 4. The SMILES string of the molecule is c1ccc2cc3oc(SSc4nc5cc6ccccc6cc5o4)nc3cc2c1. The van der Waals surface area contributed by atoms with E-state index >= 15 is 0 Å². The molecule has 0 saturated carbocycles. The molecule has 0 N–H and O–H groups in total. The molecule has 2 heterocycles. The van der Waals surface area contributed by atoms with E-state index in [-0.39, 0.29) is 0 Å². The number of rotatable bonds is 3. The van der Waals surface area contributed by atoms with E-state index in [4.69, 9.17) is 8.83 Å². The monoisotopic (exact) mass is 400 g/mol. The van der Waals surface area contributed by atoms with Gasteiger partial charge in [-0.2, -0.15) is 0 Å². The molecule has 0 unspecified atom stereocenters. The molecule has 0 spiro atoms. The van der Waals surface area contributed by atoms with Crippen LogP contribution in [0.5, 0.6) is 0 Å². The van der Waals surface area contributed by atoms with Crippen molar-refractivity contribution >= 4 is 65.3 Å². The van der Waals surface area contributed by atoms with E-state index in [0.717, 1.165) is 43.7 Å². The van der Waals surface area contributed by atoms with Crippen LogP contribution in [0.2, 0.25) is 0 Å². The Balaban J connectivity index is 1.31. The topological polar surface area (TPSA) is 52.1 Å². The highest BCUT2D eigenvalue weighted by Crippen LogP contribution is 2.39. The van der Waals surface area contributed by atoms with Gasteiger partial charge >= 0.3 is 0 Å². The first-order valence-corrected chi connectivity index (χ1v) is 10.9. The van der Waals surface area contributed by atoms with Gasteiger partial charge in [-0.1, -0.05) is 48.5 Å². The number of hydrogen-bond acceptors (Lipinski definition) is 6. The van der Waals surface area contributed by atoms with E-state index in [1.807, 2.05) is 48.5 Å². The van der Waals surface area contributed by atoms with Gasteiger partial charge < -0.3 is 8.83 Å². The molecule has 0 aliphatic rings. The van der Waals surface area contributed by atoms with Crippen LogP contribution in [0.3, 0.4) is 0 Å². The van der Waals surface area contributed by atoms with Gasteiger partial charge in [-0.25, -0.2) is 9.97 Å². The Morgan fingerprint density at radius 3 is 1.36 bits per heavy atom. The highest BCUT2D eigenvalue weighted by molar-refractivity contribution is 8.76. The van der Waals surface area contributed by atoms with E-state index < -0.39 is 0 Å². The molecule has 0 radical (unpaired) electrons. The molecule has 0 fully saturated rings. The Morgan fingerprint density at radius 2 is 0.929 bits per heavy atom. The summed E-state index contributed by atoms with van der Waals surface area (Å²) in [5.41, 5.74) is 3.27. The van der Waals surface area contributed by atoms with Gasteiger partial charge in [0.05, 0.1) is 0 Å². The van der Waals surface area contributed by atoms with Gasteiger partial charge in [-0.3, -0.25) is 0 Å². The van der Waals surface area contributed by atoms with Crippen LogP contribution < -0.4 is 0 Å². The summed E-state index contributed by atoms with van der Waals surface area (Å²) >= 11 is 0. The second-order valence-electron chi connectivity index (χ2n) is 6.46. The van der Waals surface area contributed by atoms with Gasteiger partial charge in [0.1, 0.15) is 11.0 Å². The van der Waals surface area contributed by atoms with Crippen molar-refractivity contribution in [3.63, 3.8) is 0 Å². The molecule has 6 heteroatoms. The second kappa shape index (κ2) is 6.29. The number of aromatic nitrogens is 2. The third-order valence-electron chi connectivity index (χ3n) is 4.66. The van der Waals surface area contributed by atoms with Crippen LogP contribution >= 0.6 is 21.6 Å². The lowest BCUT2D eigenvalue weighted by atomic mass is 10.1. The summed E-state index contributed by atoms with van der Waals surface area (Å²) < 4.78 is 11.8. The lowest BCUT2D eigenvalue weighted by molar-refractivity contribution is 0.487. The van der Waals surface area contributed by atoms with E-state index in [1.165, 1.54) is 21.6 Å².